The van der Waals surface area contributed by atoms with Crippen LogP contribution in [0.3, 0.4) is 0 Å². The number of pyridine rings is 1. The van der Waals surface area contributed by atoms with Crippen molar-refractivity contribution in [3.63, 3.8) is 0 Å². The second kappa shape index (κ2) is 2.99. The van der Waals surface area contributed by atoms with Crippen molar-refractivity contribution in [2.75, 3.05) is 7.11 Å². The fourth-order valence-corrected chi connectivity index (χ4v) is 1.24. The van der Waals surface area contributed by atoms with Gasteiger partial charge in [-0.1, -0.05) is 0 Å². The summed E-state index contributed by atoms with van der Waals surface area (Å²) in [6.07, 6.45) is 1.40. The van der Waals surface area contributed by atoms with Gasteiger partial charge >= 0.3 is 5.97 Å². The summed E-state index contributed by atoms with van der Waals surface area (Å²) in [5.74, 6) is -0.822. The van der Waals surface area contributed by atoms with Gasteiger partial charge in [-0.05, 0) is 12.1 Å². The molecule has 0 radical (unpaired) electrons. The first-order valence-corrected chi connectivity index (χ1v) is 3.84. The summed E-state index contributed by atoms with van der Waals surface area (Å²) >= 11 is 0. The van der Waals surface area contributed by atoms with E-state index in [4.69, 9.17) is 9.84 Å². The number of methoxy groups -OCH3 is 1. The van der Waals surface area contributed by atoms with Gasteiger partial charge in [0.15, 0.2) is 5.65 Å². The van der Waals surface area contributed by atoms with Crippen LogP contribution in [-0.4, -0.2) is 32.8 Å². The largest absolute Gasteiger partial charge is 0.481 e. The highest BCUT2D eigenvalue weighted by atomic mass is 16.5. The number of fused-ring (bicyclic) bond motifs is 1. The number of hydrogen-bond donors (Lipinski definition) is 1. The third-order valence-corrected chi connectivity index (χ3v) is 1.85. The summed E-state index contributed by atoms with van der Waals surface area (Å²) < 4.78 is 6.46. The number of nitrogens with zero attached hydrogens (tertiary/aromatic N) is 3. The first-order chi connectivity index (χ1) is 6.74. The maximum absolute atomic E-state index is 10.8. The Kier molecular flexibility index (Phi) is 1.81. The lowest BCUT2D eigenvalue weighted by Gasteiger charge is -2.05. The normalized spacial score (nSPS) is 10.4. The molecular weight excluding hydrogens is 186 g/mol. The molecule has 0 bridgehead atoms. The molecule has 0 spiro atoms. The minimum Gasteiger partial charge on any atom is -0.481 e. The fraction of sp³-hybridized carbons (Fsp3) is 0.125. The Labute approximate surface area is 78.8 Å². The lowest BCUT2D eigenvalue weighted by atomic mass is 10.2. The molecule has 72 valence electrons. The molecule has 6 nitrogen and oxygen atoms in total. The van der Waals surface area contributed by atoms with Crippen molar-refractivity contribution in [3.05, 3.63) is 24.0 Å². The molecule has 2 heterocycles. The third-order valence-electron chi connectivity index (χ3n) is 1.85. The van der Waals surface area contributed by atoms with Gasteiger partial charge in [0, 0.05) is 0 Å². The highest BCUT2D eigenvalue weighted by molar-refractivity contribution is 5.90. The van der Waals surface area contributed by atoms with Crippen LogP contribution in [0.15, 0.2) is 18.5 Å². The van der Waals surface area contributed by atoms with E-state index < -0.39 is 5.97 Å². The van der Waals surface area contributed by atoms with Crippen molar-refractivity contribution in [1.82, 2.24) is 14.6 Å². The number of rotatable bonds is 2. The van der Waals surface area contributed by atoms with Gasteiger partial charge in [-0.3, -0.25) is 4.40 Å². The number of ether oxygens (including phenoxy) is 1. The Bertz CT molecular complexity index is 492. The SMILES string of the molecule is COc1c(C(=O)O)ccc2nncn12. The molecule has 1 N–H and O–H groups in total. The Morgan fingerprint density at radius 1 is 1.57 bits per heavy atom. The predicted octanol–water partition coefficient (Wildman–Crippen LogP) is 0.436. The van der Waals surface area contributed by atoms with Gasteiger partial charge in [-0.2, -0.15) is 0 Å². The maximum Gasteiger partial charge on any atom is 0.341 e. The molecule has 2 aromatic rings. The van der Waals surface area contributed by atoms with Gasteiger partial charge in [0.2, 0.25) is 5.88 Å². The summed E-state index contributed by atoms with van der Waals surface area (Å²) in [7, 11) is 1.40. The van der Waals surface area contributed by atoms with Gasteiger partial charge in [0.25, 0.3) is 0 Å². The Balaban J connectivity index is 2.78. The minimum atomic E-state index is -1.04. The zero-order chi connectivity index (χ0) is 10.1. The highest BCUT2D eigenvalue weighted by Gasteiger charge is 2.14. The Morgan fingerprint density at radius 2 is 2.36 bits per heavy atom. The van der Waals surface area contributed by atoms with E-state index in [9.17, 15) is 4.79 Å². The Morgan fingerprint density at radius 3 is 3.00 bits per heavy atom. The van der Waals surface area contributed by atoms with Crippen LogP contribution in [0.2, 0.25) is 0 Å². The highest BCUT2D eigenvalue weighted by Crippen LogP contribution is 2.19. The minimum absolute atomic E-state index is 0.0831. The molecule has 0 fully saturated rings. The molecule has 0 saturated carbocycles. The molecule has 0 amide bonds. The summed E-state index contributed by atoms with van der Waals surface area (Å²) in [6, 6.07) is 3.00. The average Bonchev–Trinajstić information content (AvgIpc) is 2.63. The monoisotopic (exact) mass is 193 g/mol. The van der Waals surface area contributed by atoms with Gasteiger partial charge in [0.1, 0.15) is 11.9 Å². The molecule has 0 aliphatic carbocycles. The van der Waals surface area contributed by atoms with Gasteiger partial charge in [-0.15, -0.1) is 10.2 Å². The predicted molar refractivity (Wildman–Crippen MR) is 46.5 cm³/mol. The van der Waals surface area contributed by atoms with Crippen molar-refractivity contribution < 1.29 is 14.6 Å². The van der Waals surface area contributed by atoms with Gasteiger partial charge in [-0.25, -0.2) is 4.79 Å². The molecule has 2 aromatic heterocycles. The summed E-state index contributed by atoms with van der Waals surface area (Å²) in [5, 5.41) is 16.3. The van der Waals surface area contributed by atoms with Crippen LogP contribution in [0.4, 0.5) is 0 Å². The second-order valence-corrected chi connectivity index (χ2v) is 2.62. The number of aromatic nitrogens is 3. The summed E-state index contributed by atoms with van der Waals surface area (Å²) in [5.41, 5.74) is 0.631. The van der Waals surface area contributed by atoms with E-state index in [1.54, 1.807) is 6.07 Å². The number of carboxylic acid groups (broad SMARTS) is 1. The van der Waals surface area contributed by atoms with Crippen LogP contribution >= 0.6 is 0 Å². The van der Waals surface area contributed by atoms with Crippen LogP contribution in [-0.2, 0) is 0 Å². The second-order valence-electron chi connectivity index (χ2n) is 2.62. The maximum atomic E-state index is 10.8. The van der Waals surface area contributed by atoms with Crippen molar-refractivity contribution in [2.45, 2.75) is 0 Å². The topological polar surface area (TPSA) is 76.7 Å². The number of hydrogen-bond acceptors (Lipinski definition) is 4. The van der Waals surface area contributed by atoms with E-state index in [1.165, 1.54) is 23.9 Å². The van der Waals surface area contributed by atoms with E-state index in [-0.39, 0.29) is 11.4 Å². The molecule has 0 saturated heterocycles. The fourth-order valence-electron chi connectivity index (χ4n) is 1.24. The lowest BCUT2D eigenvalue weighted by molar-refractivity contribution is 0.0692. The molecule has 2 rings (SSSR count). The third kappa shape index (κ3) is 1.08. The number of carbonyl (C=O) groups is 1. The van der Waals surface area contributed by atoms with E-state index in [0.29, 0.717) is 5.65 Å². The van der Waals surface area contributed by atoms with Gasteiger partial charge < -0.3 is 9.84 Å². The van der Waals surface area contributed by atoms with E-state index in [1.807, 2.05) is 0 Å². The molecule has 0 aromatic carbocycles. The van der Waals surface area contributed by atoms with Gasteiger partial charge in [0.05, 0.1) is 7.11 Å². The quantitative estimate of drug-likeness (QED) is 0.748. The smallest absolute Gasteiger partial charge is 0.341 e. The standard InChI is InChI=1S/C8H7N3O3/c1-14-7-5(8(12)13)2-3-6-10-9-4-11(6)7/h2-4H,1H3,(H,12,13). The molecule has 6 heteroatoms. The zero-order valence-electron chi connectivity index (χ0n) is 7.34. The van der Waals surface area contributed by atoms with E-state index in [0.717, 1.165) is 0 Å². The molecule has 0 unspecified atom stereocenters. The zero-order valence-corrected chi connectivity index (χ0v) is 7.34. The summed E-state index contributed by atoms with van der Waals surface area (Å²) in [6.45, 7) is 0. The van der Waals surface area contributed by atoms with Crippen molar-refractivity contribution in [3.8, 4) is 5.88 Å². The Hall–Kier alpha value is -2.11. The van der Waals surface area contributed by atoms with Crippen LogP contribution in [0, 0.1) is 0 Å². The average molecular weight is 193 g/mol. The summed E-state index contributed by atoms with van der Waals surface area (Å²) in [4.78, 5) is 10.8. The van der Waals surface area contributed by atoms with Crippen molar-refractivity contribution >= 4 is 11.6 Å². The van der Waals surface area contributed by atoms with Crippen LogP contribution < -0.4 is 4.74 Å². The molecular formula is C8H7N3O3. The molecule has 0 aliphatic heterocycles. The lowest BCUT2D eigenvalue weighted by Crippen LogP contribution is -2.04. The van der Waals surface area contributed by atoms with Crippen LogP contribution in [0.1, 0.15) is 10.4 Å². The molecule has 0 aliphatic rings. The first-order valence-electron chi connectivity index (χ1n) is 3.84. The number of carboxylic acids is 1. The van der Waals surface area contributed by atoms with Crippen molar-refractivity contribution in [2.24, 2.45) is 0 Å². The van der Waals surface area contributed by atoms with E-state index in [2.05, 4.69) is 10.2 Å². The van der Waals surface area contributed by atoms with Crippen LogP contribution in [0.5, 0.6) is 5.88 Å². The molecule has 14 heavy (non-hydrogen) atoms. The first kappa shape index (κ1) is 8.49. The van der Waals surface area contributed by atoms with Crippen LogP contribution in [0.25, 0.3) is 5.65 Å². The number of aromatic carboxylic acids is 1. The molecule has 0 atom stereocenters. The van der Waals surface area contributed by atoms with Crippen molar-refractivity contribution in [1.29, 1.82) is 0 Å². The van der Waals surface area contributed by atoms with E-state index >= 15 is 0 Å².